The molecule has 128 valence electrons. The van der Waals surface area contributed by atoms with Crippen molar-refractivity contribution in [2.24, 2.45) is 5.92 Å². The van der Waals surface area contributed by atoms with E-state index in [4.69, 9.17) is 4.74 Å². The molecule has 3 rings (SSSR count). The van der Waals surface area contributed by atoms with Gasteiger partial charge in [-0.15, -0.1) is 0 Å². The normalized spacial score (nSPS) is 21.6. The summed E-state index contributed by atoms with van der Waals surface area (Å²) in [6.07, 6.45) is 5.21. The average molecular weight is 328 g/mol. The minimum Gasteiger partial charge on any atom is -0.468 e. The molecule has 6 nitrogen and oxygen atoms in total. The Hall–Kier alpha value is -2.21. The molecule has 6 heteroatoms. The monoisotopic (exact) mass is 328 g/mol. The molecular weight excluding hydrogens is 304 g/mol. The van der Waals surface area contributed by atoms with E-state index in [0.29, 0.717) is 5.92 Å². The Morgan fingerprint density at radius 2 is 2.25 bits per heavy atom. The molecule has 2 heterocycles. The molecule has 1 fully saturated rings. The third-order valence-electron chi connectivity index (χ3n) is 4.76. The van der Waals surface area contributed by atoms with Crippen LogP contribution in [0.5, 0.6) is 0 Å². The van der Waals surface area contributed by atoms with E-state index in [1.807, 2.05) is 0 Å². The Bertz CT molecular complexity index is 699. The summed E-state index contributed by atoms with van der Waals surface area (Å²) in [6.45, 7) is 5.94. The molecule has 0 bridgehead atoms. The lowest BCUT2D eigenvalue weighted by atomic mass is 9.92. The van der Waals surface area contributed by atoms with Crippen LogP contribution < -0.4 is 0 Å². The van der Waals surface area contributed by atoms with Crippen molar-refractivity contribution in [3.05, 3.63) is 42.0 Å². The Labute approximate surface area is 142 Å². The highest BCUT2D eigenvalue weighted by Crippen LogP contribution is 2.26. The van der Waals surface area contributed by atoms with Crippen molar-refractivity contribution in [3.63, 3.8) is 0 Å². The lowest BCUT2D eigenvalue weighted by Crippen LogP contribution is -2.46. The predicted molar refractivity (Wildman–Crippen MR) is 90.7 cm³/mol. The van der Waals surface area contributed by atoms with Gasteiger partial charge in [-0.05, 0) is 49.4 Å². The molecule has 0 saturated carbocycles. The molecule has 1 aliphatic heterocycles. The minimum absolute atomic E-state index is 0.127. The highest BCUT2D eigenvalue weighted by atomic mass is 16.5. The number of likely N-dealkylation sites (tertiary alicyclic amines) is 1. The fraction of sp³-hybridized carbons (Fsp3) is 0.500. The van der Waals surface area contributed by atoms with Crippen molar-refractivity contribution in [1.29, 1.82) is 0 Å². The molecule has 1 aromatic carbocycles. The highest BCUT2D eigenvalue weighted by molar-refractivity contribution is 5.75. The van der Waals surface area contributed by atoms with Gasteiger partial charge in [0.15, 0.2) is 0 Å². The van der Waals surface area contributed by atoms with E-state index in [2.05, 4.69) is 47.0 Å². The number of ether oxygens (including phenoxy) is 1. The van der Waals surface area contributed by atoms with Gasteiger partial charge < -0.3 is 4.74 Å². The fourth-order valence-corrected chi connectivity index (χ4v) is 3.40. The fourth-order valence-electron chi connectivity index (χ4n) is 3.40. The van der Waals surface area contributed by atoms with Crippen molar-refractivity contribution in [1.82, 2.24) is 19.7 Å². The van der Waals surface area contributed by atoms with Gasteiger partial charge in [-0.2, -0.15) is 5.10 Å². The molecule has 0 amide bonds. The Balaban J connectivity index is 1.77. The second-order valence-corrected chi connectivity index (χ2v) is 6.60. The molecule has 0 spiro atoms. The first kappa shape index (κ1) is 16.6. The molecule has 0 N–H and O–H groups in total. The number of hydrogen-bond donors (Lipinski definition) is 0. The van der Waals surface area contributed by atoms with Crippen molar-refractivity contribution in [2.75, 3.05) is 13.7 Å². The number of aromatic nitrogens is 3. The van der Waals surface area contributed by atoms with Crippen LogP contribution >= 0.6 is 0 Å². The lowest BCUT2D eigenvalue weighted by molar-refractivity contribution is -0.149. The Kier molecular flexibility index (Phi) is 4.94. The zero-order valence-corrected chi connectivity index (χ0v) is 14.5. The molecule has 0 radical (unpaired) electrons. The second kappa shape index (κ2) is 7.13. The molecule has 2 atom stereocenters. The van der Waals surface area contributed by atoms with Crippen LogP contribution in [0.4, 0.5) is 0 Å². The van der Waals surface area contributed by atoms with Crippen LogP contribution in [0.25, 0.3) is 5.69 Å². The van der Waals surface area contributed by atoms with Gasteiger partial charge in [-0.1, -0.05) is 19.1 Å². The Morgan fingerprint density at radius 3 is 2.92 bits per heavy atom. The summed E-state index contributed by atoms with van der Waals surface area (Å²) in [5.41, 5.74) is 3.35. The standard InChI is InChI=1S/C18H24N4O2/c1-13-6-7-21(17(8-13)18(23)24-3)10-15-4-5-16(14(2)9-15)22-12-19-11-20-22/h4-5,9,11-13,17H,6-8,10H2,1-3H3. The van der Waals surface area contributed by atoms with Crippen LogP contribution in [-0.2, 0) is 16.1 Å². The Morgan fingerprint density at radius 1 is 1.42 bits per heavy atom. The summed E-state index contributed by atoms with van der Waals surface area (Å²) in [5.74, 6) is 0.430. The number of nitrogens with zero attached hydrogens (tertiary/aromatic N) is 4. The van der Waals surface area contributed by atoms with Gasteiger partial charge in [-0.3, -0.25) is 9.69 Å². The number of hydrogen-bond acceptors (Lipinski definition) is 5. The lowest BCUT2D eigenvalue weighted by Gasteiger charge is -2.36. The number of carbonyl (C=O) groups is 1. The third kappa shape index (κ3) is 3.48. The first-order valence-corrected chi connectivity index (χ1v) is 8.35. The highest BCUT2D eigenvalue weighted by Gasteiger charge is 2.32. The van der Waals surface area contributed by atoms with Gasteiger partial charge in [-0.25, -0.2) is 9.67 Å². The predicted octanol–water partition coefficient (Wildman–Crippen LogP) is 2.35. The summed E-state index contributed by atoms with van der Waals surface area (Å²) in [5, 5.41) is 4.18. The maximum atomic E-state index is 12.1. The summed E-state index contributed by atoms with van der Waals surface area (Å²) >= 11 is 0. The molecule has 2 aromatic rings. The van der Waals surface area contributed by atoms with Gasteiger partial charge in [0.1, 0.15) is 18.7 Å². The van der Waals surface area contributed by atoms with Crippen LogP contribution in [0, 0.1) is 12.8 Å². The van der Waals surface area contributed by atoms with E-state index >= 15 is 0 Å². The van der Waals surface area contributed by atoms with E-state index in [-0.39, 0.29) is 12.0 Å². The van der Waals surface area contributed by atoms with E-state index in [1.165, 1.54) is 19.0 Å². The van der Waals surface area contributed by atoms with Crippen LogP contribution in [0.2, 0.25) is 0 Å². The number of methoxy groups -OCH3 is 1. The third-order valence-corrected chi connectivity index (χ3v) is 4.76. The summed E-state index contributed by atoms with van der Waals surface area (Å²) < 4.78 is 6.76. The second-order valence-electron chi connectivity index (χ2n) is 6.60. The van der Waals surface area contributed by atoms with Gasteiger partial charge >= 0.3 is 5.97 Å². The van der Waals surface area contributed by atoms with E-state index in [0.717, 1.165) is 37.2 Å². The van der Waals surface area contributed by atoms with Crippen LogP contribution in [0.15, 0.2) is 30.9 Å². The van der Waals surface area contributed by atoms with Crippen LogP contribution in [-0.4, -0.2) is 45.3 Å². The quantitative estimate of drug-likeness (QED) is 0.806. The smallest absolute Gasteiger partial charge is 0.323 e. The number of carbonyl (C=O) groups excluding carboxylic acids is 1. The molecule has 1 aliphatic rings. The van der Waals surface area contributed by atoms with Crippen molar-refractivity contribution in [2.45, 2.75) is 39.3 Å². The summed E-state index contributed by atoms with van der Waals surface area (Å²) in [7, 11) is 1.47. The SMILES string of the molecule is COC(=O)C1CC(C)CCN1Cc1ccc(-n2cncn2)c(C)c1. The van der Waals surface area contributed by atoms with Gasteiger partial charge in [0.25, 0.3) is 0 Å². The van der Waals surface area contributed by atoms with Crippen molar-refractivity contribution in [3.8, 4) is 5.69 Å². The minimum atomic E-state index is -0.144. The first-order chi connectivity index (χ1) is 11.6. The van der Waals surface area contributed by atoms with E-state index < -0.39 is 0 Å². The molecule has 1 saturated heterocycles. The number of aryl methyl sites for hydroxylation is 1. The average Bonchev–Trinajstić information content (AvgIpc) is 3.10. The molecule has 0 aliphatic carbocycles. The van der Waals surface area contributed by atoms with Gasteiger partial charge in [0, 0.05) is 6.54 Å². The molecule has 24 heavy (non-hydrogen) atoms. The number of piperidine rings is 1. The van der Waals surface area contributed by atoms with E-state index in [9.17, 15) is 4.79 Å². The topological polar surface area (TPSA) is 60.2 Å². The number of rotatable bonds is 4. The van der Waals surface area contributed by atoms with Crippen molar-refractivity contribution >= 4 is 5.97 Å². The molecular formula is C18H24N4O2. The van der Waals surface area contributed by atoms with Crippen LogP contribution in [0.1, 0.15) is 30.9 Å². The van der Waals surface area contributed by atoms with Gasteiger partial charge in [0.2, 0.25) is 0 Å². The van der Waals surface area contributed by atoms with Crippen molar-refractivity contribution < 1.29 is 9.53 Å². The summed E-state index contributed by atoms with van der Waals surface area (Å²) in [4.78, 5) is 18.3. The maximum absolute atomic E-state index is 12.1. The zero-order valence-electron chi connectivity index (χ0n) is 14.5. The zero-order chi connectivity index (χ0) is 17.1. The summed E-state index contributed by atoms with van der Waals surface area (Å²) in [6, 6.07) is 6.16. The van der Waals surface area contributed by atoms with Crippen LogP contribution in [0.3, 0.4) is 0 Å². The first-order valence-electron chi connectivity index (χ1n) is 8.35. The van der Waals surface area contributed by atoms with E-state index in [1.54, 1.807) is 11.0 Å². The molecule has 2 unspecified atom stereocenters. The largest absolute Gasteiger partial charge is 0.468 e. The molecule has 1 aromatic heterocycles. The number of esters is 1. The maximum Gasteiger partial charge on any atom is 0.323 e. The number of benzene rings is 1. The van der Waals surface area contributed by atoms with Gasteiger partial charge in [0.05, 0.1) is 12.8 Å².